The summed E-state index contributed by atoms with van der Waals surface area (Å²) in [6.45, 7) is 2.78. The molecule has 1 aliphatic rings. The second-order valence-electron chi connectivity index (χ2n) is 4.35. The van der Waals surface area contributed by atoms with Crippen LogP contribution < -0.4 is 5.32 Å². The lowest BCUT2D eigenvalue weighted by Gasteiger charge is -2.04. The Morgan fingerprint density at radius 2 is 2.35 bits per heavy atom. The van der Waals surface area contributed by atoms with Crippen LogP contribution in [0.3, 0.4) is 0 Å². The van der Waals surface area contributed by atoms with Crippen LogP contribution in [0, 0.1) is 6.92 Å². The molecular weight excluding hydrogens is 232 g/mol. The Morgan fingerprint density at radius 3 is 3.12 bits per heavy atom. The van der Waals surface area contributed by atoms with E-state index in [2.05, 4.69) is 32.6 Å². The first-order valence-electron chi connectivity index (χ1n) is 5.81. The van der Waals surface area contributed by atoms with Gasteiger partial charge < -0.3 is 5.32 Å². The molecule has 0 radical (unpaired) electrons. The van der Waals surface area contributed by atoms with Crippen molar-refractivity contribution in [3.63, 3.8) is 0 Å². The van der Waals surface area contributed by atoms with E-state index in [1.54, 1.807) is 0 Å². The van der Waals surface area contributed by atoms with Crippen molar-refractivity contribution in [3.8, 4) is 0 Å². The van der Waals surface area contributed by atoms with E-state index < -0.39 is 0 Å². The molecule has 17 heavy (non-hydrogen) atoms. The number of nitrogens with zero attached hydrogens (tertiary/aromatic N) is 3. The summed E-state index contributed by atoms with van der Waals surface area (Å²) >= 11 is 1.44. The maximum atomic E-state index is 4.49. The quantitative estimate of drug-likeness (QED) is 0.901. The van der Waals surface area contributed by atoms with Gasteiger partial charge in [-0.1, -0.05) is 6.07 Å². The van der Waals surface area contributed by atoms with Crippen LogP contribution in [0.5, 0.6) is 0 Å². The van der Waals surface area contributed by atoms with E-state index in [0.717, 1.165) is 16.6 Å². The minimum Gasteiger partial charge on any atom is -0.355 e. The van der Waals surface area contributed by atoms with E-state index in [9.17, 15) is 0 Å². The molecule has 3 rings (SSSR count). The van der Waals surface area contributed by atoms with Crippen molar-refractivity contribution in [3.05, 3.63) is 35.4 Å². The Balaban J connectivity index is 1.65. The Bertz CT molecular complexity index is 519. The molecule has 88 valence electrons. The molecule has 5 heteroatoms. The van der Waals surface area contributed by atoms with Crippen molar-refractivity contribution in [1.82, 2.24) is 14.3 Å². The normalized spacial score (nSPS) is 14.9. The first-order valence-corrected chi connectivity index (χ1v) is 6.58. The summed E-state index contributed by atoms with van der Waals surface area (Å²) in [5, 5.41) is 4.19. The number of hydrogen-bond acceptors (Lipinski definition) is 5. The minimum atomic E-state index is 0.624. The monoisotopic (exact) mass is 246 g/mol. The van der Waals surface area contributed by atoms with E-state index in [0.29, 0.717) is 12.5 Å². The SMILES string of the molecule is Cc1cccnc1CNc1nc(C2CC2)ns1. The van der Waals surface area contributed by atoms with Crippen molar-refractivity contribution in [1.29, 1.82) is 0 Å². The van der Waals surface area contributed by atoms with E-state index in [4.69, 9.17) is 0 Å². The number of aromatic nitrogens is 3. The lowest BCUT2D eigenvalue weighted by molar-refractivity contribution is 0.969. The van der Waals surface area contributed by atoms with Crippen LogP contribution in [0.1, 0.15) is 35.8 Å². The highest BCUT2D eigenvalue weighted by molar-refractivity contribution is 7.09. The fraction of sp³-hybridized carbons (Fsp3) is 0.417. The second kappa shape index (κ2) is 4.41. The lowest BCUT2D eigenvalue weighted by Crippen LogP contribution is -2.03. The van der Waals surface area contributed by atoms with Gasteiger partial charge in [0.2, 0.25) is 5.13 Å². The molecule has 1 N–H and O–H groups in total. The third kappa shape index (κ3) is 2.44. The molecule has 1 aliphatic carbocycles. The van der Waals surface area contributed by atoms with Crippen molar-refractivity contribution in [2.24, 2.45) is 0 Å². The molecule has 0 aliphatic heterocycles. The Morgan fingerprint density at radius 1 is 1.47 bits per heavy atom. The predicted molar refractivity (Wildman–Crippen MR) is 68.2 cm³/mol. The minimum absolute atomic E-state index is 0.624. The molecule has 4 nitrogen and oxygen atoms in total. The second-order valence-corrected chi connectivity index (χ2v) is 5.10. The highest BCUT2D eigenvalue weighted by Gasteiger charge is 2.27. The van der Waals surface area contributed by atoms with Crippen LogP contribution in [0.4, 0.5) is 5.13 Å². The number of anilines is 1. The van der Waals surface area contributed by atoms with Crippen molar-refractivity contribution >= 4 is 16.7 Å². The fourth-order valence-corrected chi connectivity index (χ4v) is 2.32. The molecule has 2 aromatic heterocycles. The Labute approximate surface area is 104 Å². The lowest BCUT2D eigenvalue weighted by atomic mass is 10.2. The van der Waals surface area contributed by atoms with Crippen LogP contribution in [-0.4, -0.2) is 14.3 Å². The Hall–Kier alpha value is -1.49. The van der Waals surface area contributed by atoms with Gasteiger partial charge in [0.05, 0.1) is 12.2 Å². The molecule has 0 aromatic carbocycles. The summed E-state index contributed by atoms with van der Waals surface area (Å²) in [7, 11) is 0. The zero-order valence-corrected chi connectivity index (χ0v) is 10.5. The Kier molecular flexibility index (Phi) is 2.76. The fourth-order valence-electron chi connectivity index (χ4n) is 1.68. The van der Waals surface area contributed by atoms with Crippen molar-refractivity contribution in [2.75, 3.05) is 5.32 Å². The molecule has 0 spiro atoms. The number of aryl methyl sites for hydroxylation is 1. The maximum Gasteiger partial charge on any atom is 0.202 e. The van der Waals surface area contributed by atoms with Crippen molar-refractivity contribution < 1.29 is 0 Å². The molecule has 0 saturated heterocycles. The molecule has 0 amide bonds. The van der Waals surface area contributed by atoms with Crippen LogP contribution in [-0.2, 0) is 6.54 Å². The van der Waals surface area contributed by atoms with Crippen LogP contribution in [0.15, 0.2) is 18.3 Å². The van der Waals surface area contributed by atoms with Gasteiger partial charge in [-0.25, -0.2) is 4.98 Å². The number of nitrogens with one attached hydrogen (secondary N) is 1. The highest BCUT2D eigenvalue weighted by atomic mass is 32.1. The molecule has 1 saturated carbocycles. The zero-order valence-electron chi connectivity index (χ0n) is 9.68. The van der Waals surface area contributed by atoms with Gasteiger partial charge in [0.15, 0.2) is 0 Å². The highest BCUT2D eigenvalue weighted by Crippen LogP contribution is 2.39. The number of hydrogen-bond donors (Lipinski definition) is 1. The van der Waals surface area contributed by atoms with Gasteiger partial charge in [-0.3, -0.25) is 4.98 Å². The van der Waals surface area contributed by atoms with Gasteiger partial charge in [0, 0.05) is 23.6 Å². The summed E-state index contributed by atoms with van der Waals surface area (Å²) in [6.07, 6.45) is 4.31. The third-order valence-electron chi connectivity index (χ3n) is 2.91. The average Bonchev–Trinajstić information content (AvgIpc) is 3.08. The van der Waals surface area contributed by atoms with Gasteiger partial charge in [-0.15, -0.1) is 0 Å². The topological polar surface area (TPSA) is 50.7 Å². The van der Waals surface area contributed by atoms with Gasteiger partial charge in [0.25, 0.3) is 0 Å². The zero-order chi connectivity index (χ0) is 11.7. The average molecular weight is 246 g/mol. The molecule has 2 heterocycles. The van der Waals surface area contributed by atoms with E-state index in [1.807, 2.05) is 12.3 Å². The van der Waals surface area contributed by atoms with E-state index in [-0.39, 0.29) is 0 Å². The number of pyridine rings is 1. The van der Waals surface area contributed by atoms with Gasteiger partial charge in [-0.05, 0) is 31.4 Å². The van der Waals surface area contributed by atoms with Gasteiger partial charge >= 0.3 is 0 Å². The van der Waals surface area contributed by atoms with E-state index in [1.165, 1.54) is 29.9 Å². The molecule has 2 aromatic rings. The van der Waals surface area contributed by atoms with Crippen LogP contribution in [0.25, 0.3) is 0 Å². The van der Waals surface area contributed by atoms with Gasteiger partial charge in [-0.2, -0.15) is 4.37 Å². The molecule has 0 bridgehead atoms. The smallest absolute Gasteiger partial charge is 0.202 e. The van der Waals surface area contributed by atoms with Crippen molar-refractivity contribution in [2.45, 2.75) is 32.2 Å². The van der Waals surface area contributed by atoms with Crippen LogP contribution in [0.2, 0.25) is 0 Å². The summed E-state index contributed by atoms with van der Waals surface area (Å²) in [4.78, 5) is 8.83. The third-order valence-corrected chi connectivity index (χ3v) is 3.60. The standard InChI is InChI=1S/C12H14N4S/c1-8-3-2-6-13-10(8)7-14-12-15-11(16-17-12)9-4-5-9/h2-3,6,9H,4-5,7H2,1H3,(H,14,15,16). The van der Waals surface area contributed by atoms with Gasteiger partial charge in [0.1, 0.15) is 5.82 Å². The predicted octanol–water partition coefficient (Wildman–Crippen LogP) is 2.73. The van der Waals surface area contributed by atoms with E-state index >= 15 is 0 Å². The first-order chi connectivity index (χ1) is 8.33. The molecule has 0 atom stereocenters. The summed E-state index contributed by atoms with van der Waals surface area (Å²) in [5.74, 6) is 1.63. The summed E-state index contributed by atoms with van der Waals surface area (Å²) in [5.41, 5.74) is 2.27. The first kappa shape index (κ1) is 10.7. The molecule has 0 unspecified atom stereocenters. The summed E-state index contributed by atoms with van der Waals surface area (Å²) in [6, 6.07) is 4.02. The maximum absolute atomic E-state index is 4.49. The summed E-state index contributed by atoms with van der Waals surface area (Å²) < 4.78 is 4.36. The van der Waals surface area contributed by atoms with Crippen LogP contribution >= 0.6 is 11.5 Å². The number of rotatable bonds is 4. The molecule has 1 fully saturated rings. The molecular formula is C12H14N4S. The largest absolute Gasteiger partial charge is 0.355 e.